The van der Waals surface area contributed by atoms with E-state index >= 15 is 0 Å². The largest absolute Gasteiger partial charge is 0.351 e. The SMILES string of the molecule is CCCN(CC(=O)N1CCN(C2CCN(C)CC2)CC1)C(=O)c1cc2cc(Cl)ccc2[nH]1.Cl. The number of nitrogens with one attached hydrogen (secondary N) is 1. The van der Waals surface area contributed by atoms with Crippen molar-refractivity contribution in [3.8, 4) is 0 Å². The lowest BCUT2D eigenvalue weighted by atomic mass is 10.0. The van der Waals surface area contributed by atoms with Gasteiger partial charge in [-0.25, -0.2) is 0 Å². The normalized spacial score (nSPS) is 18.3. The number of hydrogen-bond acceptors (Lipinski definition) is 4. The topological polar surface area (TPSA) is 62.9 Å². The first kappa shape index (κ1) is 25.8. The van der Waals surface area contributed by atoms with Crippen LogP contribution in [0.1, 0.15) is 36.7 Å². The molecule has 3 heterocycles. The van der Waals surface area contributed by atoms with Crippen LogP contribution in [0.4, 0.5) is 0 Å². The van der Waals surface area contributed by atoms with Crippen molar-refractivity contribution < 1.29 is 9.59 Å². The molecule has 0 saturated carbocycles. The third kappa shape index (κ3) is 6.21. The maximum atomic E-state index is 13.2. The second-order valence-electron chi connectivity index (χ2n) is 9.09. The van der Waals surface area contributed by atoms with Gasteiger partial charge < -0.3 is 19.7 Å². The molecule has 0 radical (unpaired) electrons. The van der Waals surface area contributed by atoms with E-state index in [-0.39, 0.29) is 30.8 Å². The van der Waals surface area contributed by atoms with Crippen LogP contribution in [-0.4, -0.2) is 102 Å². The predicted molar refractivity (Wildman–Crippen MR) is 135 cm³/mol. The zero-order valence-corrected chi connectivity index (χ0v) is 21.1. The highest BCUT2D eigenvalue weighted by Gasteiger charge is 2.29. The van der Waals surface area contributed by atoms with E-state index in [9.17, 15) is 9.59 Å². The van der Waals surface area contributed by atoms with E-state index in [0.29, 0.717) is 23.3 Å². The number of hydrogen-bond donors (Lipinski definition) is 1. The van der Waals surface area contributed by atoms with Gasteiger partial charge in [-0.2, -0.15) is 0 Å². The average Bonchev–Trinajstić information content (AvgIpc) is 3.22. The van der Waals surface area contributed by atoms with Crippen LogP contribution in [0.25, 0.3) is 10.9 Å². The first-order valence-electron chi connectivity index (χ1n) is 11.7. The fourth-order valence-corrected chi connectivity index (χ4v) is 5.05. The van der Waals surface area contributed by atoms with Crippen molar-refractivity contribution in [3.63, 3.8) is 0 Å². The third-order valence-electron chi connectivity index (χ3n) is 6.79. The van der Waals surface area contributed by atoms with E-state index in [0.717, 1.165) is 56.6 Å². The summed E-state index contributed by atoms with van der Waals surface area (Å²) in [6.07, 6.45) is 3.22. The molecule has 0 bridgehead atoms. The van der Waals surface area contributed by atoms with Crippen LogP contribution >= 0.6 is 24.0 Å². The average molecular weight is 496 g/mol. The molecular formula is C24H35Cl2N5O2. The van der Waals surface area contributed by atoms with Crippen molar-refractivity contribution in [2.75, 3.05) is 59.4 Å². The Kier molecular flexibility index (Phi) is 9.04. The Hall–Kier alpha value is -1.80. The van der Waals surface area contributed by atoms with Crippen molar-refractivity contribution in [1.29, 1.82) is 0 Å². The summed E-state index contributed by atoms with van der Waals surface area (Å²) in [5.41, 5.74) is 1.36. The maximum absolute atomic E-state index is 13.2. The fraction of sp³-hybridized carbons (Fsp3) is 0.583. The molecule has 0 aliphatic carbocycles. The molecule has 2 aromatic rings. The number of benzene rings is 1. The van der Waals surface area contributed by atoms with E-state index in [4.69, 9.17) is 11.6 Å². The molecule has 0 unspecified atom stereocenters. The molecule has 1 aromatic heterocycles. The minimum absolute atomic E-state index is 0. The Morgan fingerprint density at radius 1 is 1.09 bits per heavy atom. The highest BCUT2D eigenvalue weighted by molar-refractivity contribution is 6.31. The third-order valence-corrected chi connectivity index (χ3v) is 7.03. The highest BCUT2D eigenvalue weighted by atomic mass is 35.5. The van der Waals surface area contributed by atoms with Crippen LogP contribution in [0.15, 0.2) is 24.3 Å². The summed E-state index contributed by atoms with van der Waals surface area (Å²) in [5.74, 6) is -0.105. The van der Waals surface area contributed by atoms with Crippen LogP contribution < -0.4 is 0 Å². The van der Waals surface area contributed by atoms with Crippen molar-refractivity contribution in [3.05, 3.63) is 35.0 Å². The Labute approximate surface area is 207 Å². The lowest BCUT2D eigenvalue weighted by Crippen LogP contribution is -2.55. The number of aromatic nitrogens is 1. The second kappa shape index (κ2) is 11.6. The summed E-state index contributed by atoms with van der Waals surface area (Å²) >= 11 is 6.08. The van der Waals surface area contributed by atoms with Crippen molar-refractivity contribution in [2.45, 2.75) is 32.2 Å². The first-order valence-corrected chi connectivity index (χ1v) is 12.1. The monoisotopic (exact) mass is 495 g/mol. The summed E-state index contributed by atoms with van der Waals surface area (Å²) in [4.78, 5) is 37.9. The Morgan fingerprint density at radius 3 is 2.45 bits per heavy atom. The molecule has 7 nitrogen and oxygen atoms in total. The summed E-state index contributed by atoms with van der Waals surface area (Å²) < 4.78 is 0. The number of piperidine rings is 1. The Balaban J connectivity index is 0.00000306. The van der Waals surface area contributed by atoms with Gasteiger partial charge in [0.15, 0.2) is 0 Å². The lowest BCUT2D eigenvalue weighted by molar-refractivity contribution is -0.134. The molecule has 2 aliphatic heterocycles. The quantitative estimate of drug-likeness (QED) is 0.667. The van der Waals surface area contributed by atoms with E-state index in [2.05, 4.69) is 21.8 Å². The number of H-pyrrole nitrogens is 1. The number of likely N-dealkylation sites (tertiary alicyclic amines) is 1. The van der Waals surface area contributed by atoms with E-state index in [1.807, 2.05) is 30.0 Å². The van der Waals surface area contributed by atoms with Gasteiger partial charge in [-0.05, 0) is 63.7 Å². The Morgan fingerprint density at radius 2 is 1.79 bits per heavy atom. The summed E-state index contributed by atoms with van der Waals surface area (Å²) in [6.45, 7) is 8.32. The van der Waals surface area contributed by atoms with Gasteiger partial charge in [0.25, 0.3) is 5.91 Å². The molecule has 2 amide bonds. The van der Waals surface area contributed by atoms with Crippen LogP contribution in [0.5, 0.6) is 0 Å². The predicted octanol–water partition coefficient (Wildman–Crippen LogP) is 3.33. The minimum atomic E-state index is -0.141. The van der Waals surface area contributed by atoms with E-state index in [1.54, 1.807) is 11.0 Å². The Bertz CT molecular complexity index is 949. The summed E-state index contributed by atoms with van der Waals surface area (Å²) in [5, 5.41) is 1.53. The fourth-order valence-electron chi connectivity index (χ4n) is 4.87. The van der Waals surface area contributed by atoms with Crippen LogP contribution in [-0.2, 0) is 4.79 Å². The molecule has 2 saturated heterocycles. The molecule has 1 N–H and O–H groups in total. The molecule has 0 spiro atoms. The number of carbonyl (C=O) groups is 2. The van der Waals surface area contributed by atoms with Gasteiger partial charge in [0, 0.05) is 54.7 Å². The summed E-state index contributed by atoms with van der Waals surface area (Å²) in [6, 6.07) is 7.96. The molecule has 1 aromatic carbocycles. The van der Waals surface area contributed by atoms with Gasteiger partial charge in [-0.15, -0.1) is 12.4 Å². The smallest absolute Gasteiger partial charge is 0.270 e. The number of piperazine rings is 1. The van der Waals surface area contributed by atoms with Crippen molar-refractivity contribution in [1.82, 2.24) is 24.6 Å². The van der Waals surface area contributed by atoms with Gasteiger partial charge >= 0.3 is 0 Å². The number of nitrogens with zero attached hydrogens (tertiary/aromatic N) is 4. The van der Waals surface area contributed by atoms with Gasteiger partial charge in [-0.1, -0.05) is 18.5 Å². The van der Waals surface area contributed by atoms with Gasteiger partial charge in [0.1, 0.15) is 12.2 Å². The van der Waals surface area contributed by atoms with Crippen molar-refractivity contribution in [2.24, 2.45) is 0 Å². The molecule has 33 heavy (non-hydrogen) atoms. The second-order valence-corrected chi connectivity index (χ2v) is 9.53. The number of amides is 2. The maximum Gasteiger partial charge on any atom is 0.270 e. The number of halogens is 2. The first-order chi connectivity index (χ1) is 15.4. The van der Waals surface area contributed by atoms with Gasteiger partial charge in [0.05, 0.1) is 0 Å². The summed E-state index contributed by atoms with van der Waals surface area (Å²) in [7, 11) is 2.18. The molecule has 2 aliphatic rings. The van der Waals surface area contributed by atoms with Crippen LogP contribution in [0.2, 0.25) is 5.02 Å². The minimum Gasteiger partial charge on any atom is -0.351 e. The number of rotatable bonds is 6. The lowest BCUT2D eigenvalue weighted by Gasteiger charge is -2.42. The molecule has 2 fully saturated rings. The van der Waals surface area contributed by atoms with Crippen molar-refractivity contribution >= 4 is 46.7 Å². The zero-order valence-electron chi connectivity index (χ0n) is 19.6. The zero-order chi connectivity index (χ0) is 22.7. The molecule has 182 valence electrons. The molecule has 9 heteroatoms. The number of aromatic amines is 1. The van der Waals surface area contributed by atoms with E-state index < -0.39 is 0 Å². The number of fused-ring (bicyclic) bond motifs is 1. The molecule has 4 rings (SSSR count). The van der Waals surface area contributed by atoms with Crippen LogP contribution in [0, 0.1) is 0 Å². The number of carbonyl (C=O) groups excluding carboxylic acids is 2. The molecular weight excluding hydrogens is 461 g/mol. The van der Waals surface area contributed by atoms with Gasteiger partial charge in [0.2, 0.25) is 5.91 Å². The van der Waals surface area contributed by atoms with Gasteiger partial charge in [-0.3, -0.25) is 14.5 Å². The van der Waals surface area contributed by atoms with E-state index in [1.165, 1.54) is 12.8 Å². The highest BCUT2D eigenvalue weighted by Crippen LogP contribution is 2.21. The standard InChI is InChI=1S/C24H34ClN5O2.ClH/c1-3-8-30(24(32)22-16-18-15-19(25)4-5-21(18)26-22)17-23(31)29-13-11-28(12-14-29)20-6-9-27(2)10-7-20;/h4-5,15-16,20,26H,3,6-14,17H2,1-2H3;1H. The molecule has 0 atom stereocenters. The van der Waals surface area contributed by atoms with Crippen LogP contribution in [0.3, 0.4) is 0 Å².